The molecule has 1 aromatic heterocycles. The summed E-state index contributed by atoms with van der Waals surface area (Å²) in [7, 11) is 1.74. The summed E-state index contributed by atoms with van der Waals surface area (Å²) in [6, 6.07) is 12.7. The van der Waals surface area contributed by atoms with Gasteiger partial charge in [-0.05, 0) is 30.3 Å². The number of anilines is 1. The van der Waals surface area contributed by atoms with E-state index in [4.69, 9.17) is 23.2 Å². The lowest BCUT2D eigenvalue weighted by molar-refractivity contribution is -0.118. The number of rotatable bonds is 1. The number of halogens is 2. The van der Waals surface area contributed by atoms with Crippen LogP contribution in [0.15, 0.2) is 42.5 Å². The van der Waals surface area contributed by atoms with Crippen LogP contribution < -0.4 is 4.90 Å². The molecule has 0 saturated carbocycles. The van der Waals surface area contributed by atoms with Gasteiger partial charge in [-0.25, -0.2) is 0 Å². The first-order chi connectivity index (χ1) is 11.6. The summed E-state index contributed by atoms with van der Waals surface area (Å²) in [5.41, 5.74) is 2.25. The lowest BCUT2D eigenvalue weighted by Crippen LogP contribution is -2.28. The minimum atomic E-state index is -0.0644. The Morgan fingerprint density at radius 1 is 1.00 bits per heavy atom. The zero-order valence-electron chi connectivity index (χ0n) is 12.7. The highest BCUT2D eigenvalue weighted by Crippen LogP contribution is 2.37. The van der Waals surface area contributed by atoms with Crippen molar-refractivity contribution in [3.8, 4) is 22.8 Å². The van der Waals surface area contributed by atoms with Crippen molar-refractivity contribution in [1.29, 1.82) is 0 Å². The smallest absolute Gasteiger partial charge is 0.246 e. The number of amides is 1. The van der Waals surface area contributed by atoms with Crippen molar-refractivity contribution in [2.75, 3.05) is 11.9 Å². The Morgan fingerprint density at radius 2 is 1.71 bits per heavy atom. The lowest BCUT2D eigenvalue weighted by Gasteiger charge is -2.16. The number of likely N-dealkylation sites (N-methyl/N-ethyl adjacent to an activating group) is 1. The van der Waals surface area contributed by atoms with Gasteiger partial charge in [0.05, 0.1) is 10.7 Å². The number of hydrogen-bond donors (Lipinski definition) is 0. The van der Waals surface area contributed by atoms with Crippen LogP contribution in [0, 0.1) is 0 Å². The molecule has 1 aliphatic rings. The van der Waals surface area contributed by atoms with Crippen LogP contribution in [-0.2, 0) is 11.3 Å². The lowest BCUT2D eigenvalue weighted by atomic mass is 10.1. The first-order valence-corrected chi connectivity index (χ1v) is 8.06. The highest BCUT2D eigenvalue weighted by molar-refractivity contribution is 6.33. The predicted molar refractivity (Wildman–Crippen MR) is 94.3 cm³/mol. The number of nitrogens with zero attached hydrogens (tertiary/aromatic N) is 4. The Balaban J connectivity index is 1.99. The minimum Gasteiger partial charge on any atom is -0.313 e. The van der Waals surface area contributed by atoms with Gasteiger partial charge in [-0.2, -0.15) is 0 Å². The summed E-state index contributed by atoms with van der Waals surface area (Å²) in [5.74, 6) is 1.09. The van der Waals surface area contributed by atoms with Crippen LogP contribution >= 0.6 is 23.2 Å². The van der Waals surface area contributed by atoms with Crippen molar-refractivity contribution in [1.82, 2.24) is 14.8 Å². The summed E-state index contributed by atoms with van der Waals surface area (Å²) >= 11 is 12.4. The molecule has 1 aliphatic heterocycles. The molecule has 0 atom stereocenters. The second-order valence-electron chi connectivity index (χ2n) is 5.53. The van der Waals surface area contributed by atoms with Gasteiger partial charge in [0.1, 0.15) is 6.54 Å². The standard InChI is InChI=1S/C17H12Cl2N4O/c1-22-14-7-6-10(18)8-12(14)17-21-20-16(23(17)9-15(22)24)11-4-2-3-5-13(11)19/h2-8H,9H2,1H3. The zero-order valence-corrected chi connectivity index (χ0v) is 14.2. The third-order valence-electron chi connectivity index (χ3n) is 4.09. The molecule has 3 aromatic rings. The van der Waals surface area contributed by atoms with E-state index in [0.29, 0.717) is 21.7 Å². The quantitative estimate of drug-likeness (QED) is 0.662. The van der Waals surface area contributed by atoms with Gasteiger partial charge < -0.3 is 4.90 Å². The molecule has 0 N–H and O–H groups in total. The summed E-state index contributed by atoms with van der Waals surface area (Å²) in [5, 5.41) is 9.71. The Labute approximate surface area is 148 Å². The third kappa shape index (κ3) is 2.28. The second-order valence-corrected chi connectivity index (χ2v) is 6.37. The van der Waals surface area contributed by atoms with Crippen molar-refractivity contribution >= 4 is 34.8 Å². The van der Waals surface area contributed by atoms with Crippen LogP contribution in [0.2, 0.25) is 10.0 Å². The topological polar surface area (TPSA) is 51.0 Å². The van der Waals surface area contributed by atoms with Crippen molar-refractivity contribution in [3.63, 3.8) is 0 Å². The van der Waals surface area contributed by atoms with Crippen molar-refractivity contribution < 1.29 is 4.79 Å². The van der Waals surface area contributed by atoms with Gasteiger partial charge in [0.15, 0.2) is 11.6 Å². The van der Waals surface area contributed by atoms with E-state index in [2.05, 4.69) is 10.2 Å². The molecule has 0 saturated heterocycles. The van der Waals surface area contributed by atoms with Crippen LogP contribution in [0.4, 0.5) is 5.69 Å². The zero-order chi connectivity index (χ0) is 16.8. The van der Waals surface area contributed by atoms with E-state index in [1.165, 1.54) is 0 Å². The highest BCUT2D eigenvalue weighted by Gasteiger charge is 2.28. The van der Waals surface area contributed by atoms with Crippen LogP contribution in [0.25, 0.3) is 22.8 Å². The SMILES string of the molecule is CN1C(=O)Cn2c(-c3ccccc3Cl)nnc2-c2cc(Cl)ccc21. The molecule has 1 amide bonds. The van der Waals surface area contributed by atoms with E-state index in [1.807, 2.05) is 24.3 Å². The molecule has 4 rings (SSSR count). The Kier molecular flexibility index (Phi) is 3.55. The molecule has 7 heteroatoms. The maximum atomic E-state index is 12.6. The van der Waals surface area contributed by atoms with Crippen LogP contribution in [0.5, 0.6) is 0 Å². The van der Waals surface area contributed by atoms with E-state index >= 15 is 0 Å². The Morgan fingerprint density at radius 3 is 2.46 bits per heavy atom. The fraction of sp³-hybridized carbons (Fsp3) is 0.118. The van der Waals surface area contributed by atoms with E-state index < -0.39 is 0 Å². The largest absolute Gasteiger partial charge is 0.313 e. The Hall–Kier alpha value is -2.37. The van der Waals surface area contributed by atoms with Gasteiger partial charge in [0, 0.05) is 23.2 Å². The maximum absolute atomic E-state index is 12.6. The van der Waals surface area contributed by atoms with Gasteiger partial charge in [0.2, 0.25) is 5.91 Å². The summed E-state index contributed by atoms with van der Waals surface area (Å²) < 4.78 is 1.78. The van der Waals surface area contributed by atoms with Crippen molar-refractivity contribution in [2.24, 2.45) is 0 Å². The molecule has 2 aromatic carbocycles. The number of fused-ring (bicyclic) bond motifs is 3. The Bertz CT molecular complexity index is 967. The number of aromatic nitrogens is 3. The van der Waals surface area contributed by atoms with Crippen LogP contribution in [0.3, 0.4) is 0 Å². The van der Waals surface area contributed by atoms with E-state index in [9.17, 15) is 4.79 Å². The third-order valence-corrected chi connectivity index (χ3v) is 4.66. The molecule has 5 nitrogen and oxygen atoms in total. The molecule has 0 aliphatic carbocycles. The average molecular weight is 359 g/mol. The van der Waals surface area contributed by atoms with Gasteiger partial charge in [-0.1, -0.05) is 35.3 Å². The molecule has 0 fully saturated rings. The number of carbonyl (C=O) groups is 1. The molecular formula is C17H12Cl2N4O. The number of carbonyl (C=O) groups excluding carboxylic acids is 1. The van der Waals surface area contributed by atoms with E-state index in [-0.39, 0.29) is 12.5 Å². The highest BCUT2D eigenvalue weighted by atomic mass is 35.5. The van der Waals surface area contributed by atoms with E-state index in [1.54, 1.807) is 34.7 Å². The molecule has 120 valence electrons. The monoisotopic (exact) mass is 358 g/mol. The van der Waals surface area contributed by atoms with Crippen molar-refractivity contribution in [2.45, 2.75) is 6.54 Å². The molecule has 0 unspecified atom stereocenters. The van der Waals surface area contributed by atoms with Crippen LogP contribution in [-0.4, -0.2) is 27.7 Å². The second kappa shape index (κ2) is 5.61. The molecule has 24 heavy (non-hydrogen) atoms. The first-order valence-electron chi connectivity index (χ1n) is 7.31. The maximum Gasteiger partial charge on any atom is 0.246 e. The van der Waals surface area contributed by atoms with Gasteiger partial charge in [-0.15, -0.1) is 10.2 Å². The fourth-order valence-electron chi connectivity index (χ4n) is 2.85. The van der Waals surface area contributed by atoms with Crippen molar-refractivity contribution in [3.05, 3.63) is 52.5 Å². The van der Waals surface area contributed by atoms with Gasteiger partial charge in [-0.3, -0.25) is 9.36 Å². The van der Waals surface area contributed by atoms with Gasteiger partial charge in [0.25, 0.3) is 0 Å². The predicted octanol–water partition coefficient (Wildman–Crippen LogP) is 3.90. The molecule has 0 spiro atoms. The van der Waals surface area contributed by atoms with E-state index in [0.717, 1.165) is 16.8 Å². The molecule has 2 heterocycles. The van der Waals surface area contributed by atoms with Gasteiger partial charge >= 0.3 is 0 Å². The molecule has 0 radical (unpaired) electrons. The minimum absolute atomic E-state index is 0.0644. The normalized spacial score (nSPS) is 13.5. The summed E-state index contributed by atoms with van der Waals surface area (Å²) in [6.07, 6.45) is 0. The average Bonchev–Trinajstić information content (AvgIpc) is 2.93. The molecule has 0 bridgehead atoms. The number of hydrogen-bond acceptors (Lipinski definition) is 3. The van der Waals surface area contributed by atoms with Crippen LogP contribution in [0.1, 0.15) is 0 Å². The molecular weight excluding hydrogens is 347 g/mol. The summed E-state index contributed by atoms with van der Waals surface area (Å²) in [4.78, 5) is 14.2. The first kappa shape index (κ1) is 15.2. The fourth-order valence-corrected chi connectivity index (χ4v) is 3.24. The number of benzene rings is 2. The summed E-state index contributed by atoms with van der Waals surface area (Å²) in [6.45, 7) is 0.131.